The first-order valence-electron chi connectivity index (χ1n) is 5.48. The number of allylic oxidation sites excluding steroid dienone is 1. The lowest BCUT2D eigenvalue weighted by molar-refractivity contribution is 0.884. The zero-order chi connectivity index (χ0) is 11.1. The zero-order valence-electron chi connectivity index (χ0n) is 9.70. The molecular formula is C12H19N3. The molecular weight excluding hydrogens is 186 g/mol. The van der Waals surface area contributed by atoms with E-state index in [1.54, 1.807) is 6.20 Å². The van der Waals surface area contributed by atoms with E-state index in [9.17, 15) is 0 Å². The number of anilines is 1. The van der Waals surface area contributed by atoms with Crippen LogP contribution in [-0.4, -0.2) is 16.0 Å². The molecule has 0 saturated heterocycles. The molecule has 0 unspecified atom stereocenters. The van der Waals surface area contributed by atoms with Crippen LogP contribution in [0.1, 0.15) is 39.4 Å². The fraction of sp³-hybridized carbons (Fsp3) is 0.500. The molecule has 0 amide bonds. The number of unbranched alkanes of at least 4 members (excludes halogenated alkanes) is 1. The van der Waals surface area contributed by atoms with Crippen LogP contribution in [0.5, 0.6) is 0 Å². The minimum absolute atomic E-state index is 0.396. The fourth-order valence-corrected chi connectivity index (χ4v) is 1.19. The van der Waals surface area contributed by atoms with Gasteiger partial charge in [-0.3, -0.25) is 0 Å². The van der Waals surface area contributed by atoms with Crippen LogP contribution in [0.4, 0.5) is 5.82 Å². The third kappa shape index (κ3) is 4.58. The SMILES string of the molecule is CCCC=Cc1nccc(NC(C)C)n1. The van der Waals surface area contributed by atoms with E-state index in [0.29, 0.717) is 6.04 Å². The van der Waals surface area contributed by atoms with Gasteiger partial charge in [0, 0.05) is 12.2 Å². The molecule has 0 aliphatic carbocycles. The second-order valence-electron chi connectivity index (χ2n) is 3.79. The minimum atomic E-state index is 0.396. The second kappa shape index (κ2) is 6.17. The Bertz CT molecular complexity index is 318. The van der Waals surface area contributed by atoms with Gasteiger partial charge in [-0.05, 0) is 32.4 Å². The molecule has 1 aromatic heterocycles. The van der Waals surface area contributed by atoms with Crippen LogP contribution in [0.2, 0.25) is 0 Å². The highest BCUT2D eigenvalue weighted by molar-refractivity contribution is 5.44. The largest absolute Gasteiger partial charge is 0.368 e. The molecule has 1 rings (SSSR count). The molecule has 1 aromatic rings. The highest BCUT2D eigenvalue weighted by atomic mass is 15.0. The molecule has 15 heavy (non-hydrogen) atoms. The van der Waals surface area contributed by atoms with Crippen LogP contribution >= 0.6 is 0 Å². The lowest BCUT2D eigenvalue weighted by Crippen LogP contribution is -2.11. The van der Waals surface area contributed by atoms with Gasteiger partial charge in [0.1, 0.15) is 5.82 Å². The molecule has 0 radical (unpaired) electrons. The smallest absolute Gasteiger partial charge is 0.153 e. The summed E-state index contributed by atoms with van der Waals surface area (Å²) in [5, 5.41) is 3.25. The van der Waals surface area contributed by atoms with Gasteiger partial charge in [-0.2, -0.15) is 0 Å². The van der Waals surface area contributed by atoms with Crippen LogP contribution in [0.25, 0.3) is 6.08 Å². The van der Waals surface area contributed by atoms with E-state index in [1.165, 1.54) is 0 Å². The second-order valence-corrected chi connectivity index (χ2v) is 3.79. The maximum Gasteiger partial charge on any atom is 0.153 e. The van der Waals surface area contributed by atoms with Crippen LogP contribution in [0.15, 0.2) is 18.3 Å². The quantitative estimate of drug-likeness (QED) is 0.802. The number of hydrogen-bond donors (Lipinski definition) is 1. The van der Waals surface area contributed by atoms with Crippen molar-refractivity contribution in [2.24, 2.45) is 0 Å². The summed E-state index contributed by atoms with van der Waals surface area (Å²) >= 11 is 0. The van der Waals surface area contributed by atoms with Gasteiger partial charge < -0.3 is 5.32 Å². The van der Waals surface area contributed by atoms with Crippen LogP contribution in [-0.2, 0) is 0 Å². The van der Waals surface area contributed by atoms with Crippen molar-refractivity contribution < 1.29 is 0 Å². The van der Waals surface area contributed by atoms with E-state index < -0.39 is 0 Å². The first-order chi connectivity index (χ1) is 7.22. The summed E-state index contributed by atoms with van der Waals surface area (Å²) < 4.78 is 0. The fourth-order valence-electron chi connectivity index (χ4n) is 1.19. The Morgan fingerprint density at radius 1 is 1.47 bits per heavy atom. The summed E-state index contributed by atoms with van der Waals surface area (Å²) in [5.74, 6) is 1.66. The van der Waals surface area contributed by atoms with Gasteiger partial charge in [0.05, 0.1) is 0 Å². The molecule has 1 heterocycles. The number of nitrogens with zero attached hydrogens (tertiary/aromatic N) is 2. The predicted octanol–water partition coefficient (Wildman–Crippen LogP) is 3.11. The van der Waals surface area contributed by atoms with Crippen molar-refractivity contribution in [2.45, 2.75) is 39.7 Å². The summed E-state index contributed by atoms with van der Waals surface area (Å²) in [6, 6.07) is 2.28. The summed E-state index contributed by atoms with van der Waals surface area (Å²) in [6.45, 7) is 6.34. The standard InChI is InChI=1S/C12H19N3/c1-4-5-6-7-11-13-9-8-12(15-11)14-10(2)3/h6-10H,4-5H2,1-3H3,(H,13,14,15). The normalized spacial score (nSPS) is 11.2. The van der Waals surface area contributed by atoms with E-state index >= 15 is 0 Å². The average Bonchev–Trinajstić information content (AvgIpc) is 2.18. The maximum absolute atomic E-state index is 4.38. The summed E-state index contributed by atoms with van der Waals surface area (Å²) in [6.07, 6.45) is 8.08. The van der Waals surface area contributed by atoms with Gasteiger partial charge in [0.15, 0.2) is 5.82 Å². The van der Waals surface area contributed by atoms with Gasteiger partial charge in [-0.1, -0.05) is 19.4 Å². The monoisotopic (exact) mass is 205 g/mol. The van der Waals surface area contributed by atoms with Gasteiger partial charge in [-0.15, -0.1) is 0 Å². The third-order valence-corrected chi connectivity index (χ3v) is 1.83. The number of aromatic nitrogens is 2. The topological polar surface area (TPSA) is 37.8 Å². The van der Waals surface area contributed by atoms with Crippen molar-refractivity contribution in [3.8, 4) is 0 Å². The van der Waals surface area contributed by atoms with Crippen molar-refractivity contribution in [3.63, 3.8) is 0 Å². The molecule has 0 spiro atoms. The lowest BCUT2D eigenvalue weighted by atomic mass is 10.3. The molecule has 0 aromatic carbocycles. The zero-order valence-corrected chi connectivity index (χ0v) is 9.70. The van der Waals surface area contributed by atoms with Gasteiger partial charge >= 0.3 is 0 Å². The molecule has 3 nitrogen and oxygen atoms in total. The van der Waals surface area contributed by atoms with Crippen molar-refractivity contribution in [1.82, 2.24) is 9.97 Å². The lowest BCUT2D eigenvalue weighted by Gasteiger charge is -2.08. The Labute approximate surface area is 91.7 Å². The Balaban J connectivity index is 2.65. The summed E-state index contributed by atoms with van der Waals surface area (Å²) in [4.78, 5) is 8.56. The minimum Gasteiger partial charge on any atom is -0.368 e. The predicted molar refractivity (Wildman–Crippen MR) is 64.7 cm³/mol. The van der Waals surface area contributed by atoms with Gasteiger partial charge in [-0.25, -0.2) is 9.97 Å². The van der Waals surface area contributed by atoms with Crippen LogP contribution < -0.4 is 5.32 Å². The average molecular weight is 205 g/mol. The number of hydrogen-bond acceptors (Lipinski definition) is 3. The molecule has 0 aliphatic heterocycles. The molecule has 3 heteroatoms. The van der Waals surface area contributed by atoms with Crippen molar-refractivity contribution in [2.75, 3.05) is 5.32 Å². The molecule has 0 aliphatic rings. The summed E-state index contributed by atoms with van der Waals surface area (Å²) in [5.41, 5.74) is 0. The number of rotatable bonds is 5. The van der Waals surface area contributed by atoms with E-state index in [4.69, 9.17) is 0 Å². The van der Waals surface area contributed by atoms with E-state index in [-0.39, 0.29) is 0 Å². The molecule has 82 valence electrons. The van der Waals surface area contributed by atoms with Crippen LogP contribution in [0, 0.1) is 0 Å². The Morgan fingerprint density at radius 2 is 2.27 bits per heavy atom. The highest BCUT2D eigenvalue weighted by Gasteiger charge is 1.97. The first kappa shape index (κ1) is 11.7. The maximum atomic E-state index is 4.38. The third-order valence-electron chi connectivity index (χ3n) is 1.83. The Kier molecular flexibility index (Phi) is 4.81. The number of nitrogens with one attached hydrogen (secondary N) is 1. The van der Waals surface area contributed by atoms with E-state index in [0.717, 1.165) is 24.5 Å². The van der Waals surface area contributed by atoms with Crippen molar-refractivity contribution in [1.29, 1.82) is 0 Å². The van der Waals surface area contributed by atoms with Crippen molar-refractivity contribution in [3.05, 3.63) is 24.2 Å². The van der Waals surface area contributed by atoms with E-state index in [1.807, 2.05) is 12.1 Å². The molecule has 0 saturated carbocycles. The molecule has 0 fully saturated rings. The van der Waals surface area contributed by atoms with Crippen LogP contribution in [0.3, 0.4) is 0 Å². The van der Waals surface area contributed by atoms with E-state index in [2.05, 4.69) is 42.1 Å². The van der Waals surface area contributed by atoms with Gasteiger partial charge in [0.25, 0.3) is 0 Å². The highest BCUT2D eigenvalue weighted by Crippen LogP contribution is 2.05. The summed E-state index contributed by atoms with van der Waals surface area (Å²) in [7, 11) is 0. The molecule has 0 atom stereocenters. The molecule has 0 bridgehead atoms. The molecule has 1 N–H and O–H groups in total. The Hall–Kier alpha value is -1.38. The first-order valence-corrected chi connectivity index (χ1v) is 5.48. The van der Waals surface area contributed by atoms with Gasteiger partial charge in [0.2, 0.25) is 0 Å². The Morgan fingerprint density at radius 3 is 2.93 bits per heavy atom. The van der Waals surface area contributed by atoms with Crippen molar-refractivity contribution >= 4 is 11.9 Å².